The van der Waals surface area contributed by atoms with Gasteiger partial charge in [-0.05, 0) is 86.4 Å². The van der Waals surface area contributed by atoms with Crippen LogP contribution in [0.3, 0.4) is 0 Å². The molecule has 0 atom stereocenters. The lowest BCUT2D eigenvalue weighted by Crippen LogP contribution is -2.35. The van der Waals surface area contributed by atoms with E-state index in [1.807, 2.05) is 54.3 Å². The van der Waals surface area contributed by atoms with Crippen molar-refractivity contribution < 1.29 is 4.74 Å². The smallest absolute Gasteiger partial charge is 0.253 e. The Bertz CT molecular complexity index is 1440. The van der Waals surface area contributed by atoms with Crippen molar-refractivity contribution in [1.29, 1.82) is 0 Å². The predicted octanol–water partition coefficient (Wildman–Crippen LogP) is 6.17. The first-order valence-electron chi connectivity index (χ1n) is 11.6. The highest BCUT2D eigenvalue weighted by Gasteiger charge is 2.16. The summed E-state index contributed by atoms with van der Waals surface area (Å²) in [4.78, 5) is 18.2. The van der Waals surface area contributed by atoms with Gasteiger partial charge in [0.15, 0.2) is 5.11 Å². The molecule has 0 spiro atoms. The zero-order valence-corrected chi connectivity index (χ0v) is 21.7. The Balaban J connectivity index is 1.69. The van der Waals surface area contributed by atoms with Gasteiger partial charge in [0.2, 0.25) is 0 Å². The second kappa shape index (κ2) is 10.3. The van der Waals surface area contributed by atoms with Gasteiger partial charge in [-0.1, -0.05) is 42.0 Å². The van der Waals surface area contributed by atoms with Crippen molar-refractivity contribution in [2.24, 2.45) is 0 Å². The summed E-state index contributed by atoms with van der Waals surface area (Å²) in [6, 6.07) is 20.2. The quantitative estimate of drug-likeness (QED) is 0.320. The lowest BCUT2D eigenvalue weighted by Gasteiger charge is -2.27. The molecule has 1 heterocycles. The third-order valence-electron chi connectivity index (χ3n) is 6.33. The molecule has 0 aliphatic carbocycles. The van der Waals surface area contributed by atoms with Crippen LogP contribution in [0.2, 0.25) is 0 Å². The molecule has 0 amide bonds. The molecule has 3 aromatic carbocycles. The van der Waals surface area contributed by atoms with E-state index >= 15 is 0 Å². The van der Waals surface area contributed by atoms with Crippen LogP contribution in [0.4, 0.5) is 5.69 Å². The number of rotatable bonds is 6. The van der Waals surface area contributed by atoms with Crippen LogP contribution in [0.15, 0.2) is 65.5 Å². The van der Waals surface area contributed by atoms with Crippen LogP contribution in [-0.2, 0) is 13.1 Å². The van der Waals surface area contributed by atoms with Crippen molar-refractivity contribution in [2.45, 2.75) is 40.8 Å². The lowest BCUT2D eigenvalue weighted by atomic mass is 10.0. The molecule has 180 valence electrons. The number of thiocarbonyl (C=S) groups is 1. The number of pyridine rings is 1. The second-order valence-corrected chi connectivity index (χ2v) is 9.45. The molecular weight excluding hydrogens is 454 g/mol. The average molecular weight is 486 g/mol. The molecule has 6 heteroatoms. The van der Waals surface area contributed by atoms with E-state index in [0.717, 1.165) is 44.6 Å². The van der Waals surface area contributed by atoms with Crippen molar-refractivity contribution >= 4 is 33.9 Å². The first kappa shape index (κ1) is 24.5. The summed E-state index contributed by atoms with van der Waals surface area (Å²) in [5, 5.41) is 5.01. The normalized spacial score (nSPS) is 10.9. The first-order chi connectivity index (χ1) is 16.7. The molecule has 0 bridgehead atoms. The third kappa shape index (κ3) is 5.54. The molecule has 0 aliphatic rings. The van der Waals surface area contributed by atoms with E-state index in [1.54, 1.807) is 7.11 Å². The number of aromatic nitrogens is 1. The van der Waals surface area contributed by atoms with E-state index < -0.39 is 0 Å². The molecule has 4 rings (SSSR count). The van der Waals surface area contributed by atoms with Crippen LogP contribution in [0.25, 0.3) is 10.9 Å². The van der Waals surface area contributed by atoms with Gasteiger partial charge in [0.1, 0.15) is 5.75 Å². The monoisotopic (exact) mass is 485 g/mol. The summed E-state index contributed by atoms with van der Waals surface area (Å²) in [5.74, 6) is 0.799. The molecule has 0 saturated carbocycles. The number of aryl methyl sites for hydroxylation is 4. The minimum atomic E-state index is -0.0970. The van der Waals surface area contributed by atoms with Gasteiger partial charge < -0.3 is 19.9 Å². The largest absolute Gasteiger partial charge is 0.497 e. The van der Waals surface area contributed by atoms with E-state index in [0.29, 0.717) is 23.8 Å². The van der Waals surface area contributed by atoms with E-state index in [1.165, 1.54) is 5.56 Å². The second-order valence-electron chi connectivity index (χ2n) is 9.06. The number of hydrogen-bond donors (Lipinski definition) is 2. The van der Waals surface area contributed by atoms with Crippen molar-refractivity contribution in [3.8, 4) is 5.75 Å². The Morgan fingerprint density at radius 3 is 2.31 bits per heavy atom. The number of nitrogens with zero attached hydrogens (tertiary/aromatic N) is 1. The molecule has 4 aromatic rings. The van der Waals surface area contributed by atoms with Crippen LogP contribution >= 0.6 is 12.2 Å². The van der Waals surface area contributed by atoms with Crippen molar-refractivity contribution in [3.05, 3.63) is 104 Å². The number of ether oxygens (including phenoxy) is 1. The van der Waals surface area contributed by atoms with Gasteiger partial charge in [0.05, 0.1) is 19.2 Å². The molecule has 35 heavy (non-hydrogen) atoms. The molecule has 0 fully saturated rings. The number of hydrogen-bond acceptors (Lipinski definition) is 3. The Morgan fingerprint density at radius 1 is 0.914 bits per heavy atom. The van der Waals surface area contributed by atoms with Crippen LogP contribution in [-0.4, -0.2) is 22.1 Å². The van der Waals surface area contributed by atoms with Gasteiger partial charge in [0, 0.05) is 23.2 Å². The third-order valence-corrected chi connectivity index (χ3v) is 6.69. The van der Waals surface area contributed by atoms with Crippen molar-refractivity contribution in [1.82, 2.24) is 9.88 Å². The predicted molar refractivity (Wildman–Crippen MR) is 148 cm³/mol. The molecule has 0 aliphatic heterocycles. The topological polar surface area (TPSA) is 57.4 Å². The summed E-state index contributed by atoms with van der Waals surface area (Å²) in [6.45, 7) is 9.12. The standard InChI is InChI=1S/C29H31N3O2S/c1-18-6-13-26(21(4)14-18)30-29(35)32(16-22-9-11-24(34-5)12-10-22)17-23-15-25-19(2)7-8-20(3)27(25)31-28(23)33/h6-15H,16-17H2,1-5H3,(H,30,35)(H,31,33). The molecule has 1 aromatic heterocycles. The number of nitrogens with one attached hydrogen (secondary N) is 2. The number of aromatic amines is 1. The fourth-order valence-corrected chi connectivity index (χ4v) is 4.48. The Hall–Kier alpha value is -3.64. The van der Waals surface area contributed by atoms with Crippen LogP contribution in [0, 0.1) is 27.7 Å². The summed E-state index contributed by atoms with van der Waals surface area (Å²) in [6.07, 6.45) is 0. The minimum absolute atomic E-state index is 0.0970. The number of methoxy groups -OCH3 is 1. The number of anilines is 1. The fraction of sp³-hybridized carbons (Fsp3) is 0.241. The molecule has 0 saturated heterocycles. The summed E-state index contributed by atoms with van der Waals surface area (Å²) in [7, 11) is 1.65. The van der Waals surface area contributed by atoms with Gasteiger partial charge in [-0.2, -0.15) is 0 Å². The van der Waals surface area contributed by atoms with E-state index in [-0.39, 0.29) is 5.56 Å². The lowest BCUT2D eigenvalue weighted by molar-refractivity contribution is 0.406. The Kier molecular flexibility index (Phi) is 7.22. The average Bonchev–Trinajstić information content (AvgIpc) is 2.84. The number of fused-ring (bicyclic) bond motifs is 1. The van der Waals surface area contributed by atoms with Crippen LogP contribution in [0.1, 0.15) is 33.4 Å². The number of H-pyrrole nitrogens is 1. The van der Waals surface area contributed by atoms with Crippen molar-refractivity contribution in [3.63, 3.8) is 0 Å². The van der Waals surface area contributed by atoms with Gasteiger partial charge in [-0.25, -0.2) is 0 Å². The van der Waals surface area contributed by atoms with Crippen LogP contribution < -0.4 is 15.6 Å². The zero-order valence-electron chi connectivity index (χ0n) is 20.9. The summed E-state index contributed by atoms with van der Waals surface area (Å²) in [5.41, 5.74) is 7.98. The molecular formula is C29H31N3O2S. The highest BCUT2D eigenvalue weighted by atomic mass is 32.1. The van der Waals surface area contributed by atoms with E-state index in [2.05, 4.69) is 49.3 Å². The first-order valence-corrected chi connectivity index (χ1v) is 12.0. The maximum Gasteiger partial charge on any atom is 0.253 e. The van der Waals surface area contributed by atoms with Crippen molar-refractivity contribution in [2.75, 3.05) is 12.4 Å². The van der Waals surface area contributed by atoms with Gasteiger partial charge in [0.25, 0.3) is 5.56 Å². The Labute approximate surface area is 211 Å². The molecule has 0 radical (unpaired) electrons. The van der Waals surface area contributed by atoms with Crippen LogP contribution in [0.5, 0.6) is 5.75 Å². The molecule has 0 unspecified atom stereocenters. The van der Waals surface area contributed by atoms with E-state index in [4.69, 9.17) is 17.0 Å². The van der Waals surface area contributed by atoms with Gasteiger partial charge >= 0.3 is 0 Å². The zero-order chi connectivity index (χ0) is 25.1. The highest BCUT2D eigenvalue weighted by Crippen LogP contribution is 2.22. The number of benzene rings is 3. The highest BCUT2D eigenvalue weighted by molar-refractivity contribution is 7.80. The maximum absolute atomic E-state index is 13.1. The maximum atomic E-state index is 13.1. The fourth-order valence-electron chi connectivity index (χ4n) is 4.24. The summed E-state index contributed by atoms with van der Waals surface area (Å²) >= 11 is 5.86. The van der Waals surface area contributed by atoms with E-state index in [9.17, 15) is 4.79 Å². The minimum Gasteiger partial charge on any atom is -0.497 e. The molecule has 2 N–H and O–H groups in total. The summed E-state index contributed by atoms with van der Waals surface area (Å²) < 4.78 is 5.30. The SMILES string of the molecule is COc1ccc(CN(Cc2cc3c(C)ccc(C)c3[nH]c2=O)C(=S)Nc2ccc(C)cc2C)cc1. The van der Waals surface area contributed by atoms with Gasteiger partial charge in [-0.15, -0.1) is 0 Å². The Morgan fingerprint density at radius 2 is 1.63 bits per heavy atom. The van der Waals surface area contributed by atoms with Gasteiger partial charge in [-0.3, -0.25) is 4.79 Å². The molecule has 5 nitrogen and oxygen atoms in total.